The predicted molar refractivity (Wildman–Crippen MR) is 74.5 cm³/mol. The number of nitrogens with two attached hydrogens (primary N) is 1. The molecule has 0 saturated carbocycles. The largest absolute Gasteiger partial charge is 0.328 e. The maximum absolute atomic E-state index is 13.7. The third-order valence-corrected chi connectivity index (χ3v) is 3.43. The van der Waals surface area contributed by atoms with Crippen molar-refractivity contribution in [3.63, 3.8) is 0 Å². The van der Waals surface area contributed by atoms with Crippen LogP contribution in [0, 0.1) is 25.5 Å². The summed E-state index contributed by atoms with van der Waals surface area (Å²) in [6.45, 7) is 5.80. The number of rotatable bonds is 4. The fourth-order valence-corrected chi connectivity index (χ4v) is 2.34. The van der Waals surface area contributed by atoms with Crippen LogP contribution >= 0.6 is 0 Å². The van der Waals surface area contributed by atoms with E-state index < -0.39 is 11.6 Å². The smallest absolute Gasteiger partial charge is 0.131 e. The van der Waals surface area contributed by atoms with Crippen molar-refractivity contribution < 1.29 is 8.78 Å². The van der Waals surface area contributed by atoms with Crippen LogP contribution in [-0.2, 0) is 13.0 Å². The summed E-state index contributed by atoms with van der Waals surface area (Å²) in [4.78, 5) is 0. The van der Waals surface area contributed by atoms with Crippen molar-refractivity contribution in [3.8, 4) is 0 Å². The topological polar surface area (TPSA) is 43.8 Å². The molecule has 0 amide bonds. The first-order valence-electron chi connectivity index (χ1n) is 6.61. The zero-order valence-corrected chi connectivity index (χ0v) is 12.0. The molecule has 0 aliphatic rings. The van der Waals surface area contributed by atoms with Gasteiger partial charge in [0.1, 0.15) is 11.6 Å². The second-order valence-corrected chi connectivity index (χ2v) is 5.19. The van der Waals surface area contributed by atoms with E-state index in [0.29, 0.717) is 6.42 Å². The van der Waals surface area contributed by atoms with E-state index in [0.717, 1.165) is 17.0 Å². The highest BCUT2D eigenvalue weighted by molar-refractivity contribution is 5.27. The van der Waals surface area contributed by atoms with Crippen LogP contribution in [0.1, 0.15) is 29.4 Å². The van der Waals surface area contributed by atoms with Crippen LogP contribution in [0.2, 0.25) is 0 Å². The van der Waals surface area contributed by atoms with E-state index in [-0.39, 0.29) is 18.2 Å². The molecule has 108 valence electrons. The number of nitrogens with zero attached hydrogens (tertiary/aromatic N) is 2. The lowest BCUT2D eigenvalue weighted by Crippen LogP contribution is -2.18. The Kier molecular flexibility index (Phi) is 4.18. The summed E-state index contributed by atoms with van der Waals surface area (Å²) in [7, 11) is 0. The molecule has 2 N–H and O–H groups in total. The van der Waals surface area contributed by atoms with Crippen molar-refractivity contribution in [3.05, 3.63) is 52.3 Å². The third kappa shape index (κ3) is 2.88. The van der Waals surface area contributed by atoms with E-state index >= 15 is 0 Å². The van der Waals surface area contributed by atoms with Crippen LogP contribution in [-0.4, -0.2) is 15.8 Å². The summed E-state index contributed by atoms with van der Waals surface area (Å²) in [5, 5.41) is 4.37. The lowest BCUT2D eigenvalue weighted by molar-refractivity contribution is 0.528. The molecule has 0 spiro atoms. The molecule has 0 bridgehead atoms. The van der Waals surface area contributed by atoms with Gasteiger partial charge < -0.3 is 5.73 Å². The highest BCUT2D eigenvalue weighted by Crippen LogP contribution is 2.19. The monoisotopic (exact) mass is 279 g/mol. The van der Waals surface area contributed by atoms with Crippen LogP contribution < -0.4 is 5.73 Å². The number of halogens is 2. The Labute approximate surface area is 117 Å². The second kappa shape index (κ2) is 5.71. The highest BCUT2D eigenvalue weighted by atomic mass is 19.1. The van der Waals surface area contributed by atoms with Gasteiger partial charge in [-0.1, -0.05) is 6.07 Å². The summed E-state index contributed by atoms with van der Waals surface area (Å²) in [6.07, 6.45) is 0.706. The molecule has 5 heteroatoms. The van der Waals surface area contributed by atoms with Crippen LogP contribution in [0.3, 0.4) is 0 Å². The van der Waals surface area contributed by atoms with Gasteiger partial charge in [0.15, 0.2) is 0 Å². The summed E-state index contributed by atoms with van der Waals surface area (Å²) in [5.41, 5.74) is 8.66. The van der Waals surface area contributed by atoms with Crippen molar-refractivity contribution in [2.24, 2.45) is 5.73 Å². The van der Waals surface area contributed by atoms with E-state index in [9.17, 15) is 8.78 Å². The van der Waals surface area contributed by atoms with E-state index in [1.807, 2.05) is 20.8 Å². The van der Waals surface area contributed by atoms with Gasteiger partial charge in [0.25, 0.3) is 0 Å². The van der Waals surface area contributed by atoms with Crippen molar-refractivity contribution >= 4 is 0 Å². The third-order valence-electron chi connectivity index (χ3n) is 3.43. The summed E-state index contributed by atoms with van der Waals surface area (Å²) < 4.78 is 29.0. The van der Waals surface area contributed by atoms with Crippen molar-refractivity contribution in [2.75, 3.05) is 0 Å². The van der Waals surface area contributed by atoms with Crippen LogP contribution in [0.15, 0.2) is 18.2 Å². The molecule has 1 atom stereocenters. The summed E-state index contributed by atoms with van der Waals surface area (Å²) >= 11 is 0. The molecule has 1 heterocycles. The molecule has 0 aliphatic heterocycles. The lowest BCUT2D eigenvalue weighted by Gasteiger charge is -2.09. The molecule has 1 aromatic heterocycles. The Morgan fingerprint density at radius 1 is 1.20 bits per heavy atom. The van der Waals surface area contributed by atoms with Crippen LogP contribution in [0.4, 0.5) is 8.78 Å². The molecule has 0 radical (unpaired) electrons. The number of hydrogen-bond acceptors (Lipinski definition) is 2. The fraction of sp³-hybridized carbons (Fsp3) is 0.400. The minimum absolute atomic E-state index is 0.0234. The quantitative estimate of drug-likeness (QED) is 0.935. The molecule has 0 fully saturated rings. The zero-order chi connectivity index (χ0) is 14.9. The fourth-order valence-electron chi connectivity index (χ4n) is 2.34. The maximum atomic E-state index is 13.7. The maximum Gasteiger partial charge on any atom is 0.131 e. The number of aryl methyl sites for hydroxylation is 1. The minimum atomic E-state index is -0.550. The first-order chi connectivity index (χ1) is 9.40. The van der Waals surface area contributed by atoms with Crippen LogP contribution in [0.5, 0.6) is 0 Å². The molecule has 0 aliphatic carbocycles. The van der Waals surface area contributed by atoms with Gasteiger partial charge in [0.2, 0.25) is 0 Å². The zero-order valence-electron chi connectivity index (χ0n) is 12.0. The van der Waals surface area contributed by atoms with Gasteiger partial charge in [-0.3, -0.25) is 4.68 Å². The molecular formula is C15H19F2N3. The van der Waals surface area contributed by atoms with Gasteiger partial charge in [-0.25, -0.2) is 8.78 Å². The summed E-state index contributed by atoms with van der Waals surface area (Å²) in [6, 6.07) is 3.90. The molecular weight excluding hydrogens is 260 g/mol. The minimum Gasteiger partial charge on any atom is -0.328 e. The number of hydrogen-bond donors (Lipinski definition) is 1. The van der Waals surface area contributed by atoms with Crippen molar-refractivity contribution in [1.82, 2.24) is 9.78 Å². The van der Waals surface area contributed by atoms with Gasteiger partial charge in [0, 0.05) is 17.3 Å². The molecule has 1 aromatic carbocycles. The summed E-state index contributed by atoms with van der Waals surface area (Å²) in [5.74, 6) is -1.10. The molecule has 2 aromatic rings. The van der Waals surface area contributed by atoms with Gasteiger partial charge in [-0.2, -0.15) is 5.10 Å². The van der Waals surface area contributed by atoms with Gasteiger partial charge in [0.05, 0.1) is 12.2 Å². The second-order valence-electron chi connectivity index (χ2n) is 5.19. The first kappa shape index (κ1) is 14.7. The van der Waals surface area contributed by atoms with E-state index in [1.165, 1.54) is 18.2 Å². The Morgan fingerprint density at radius 2 is 1.80 bits per heavy atom. The Balaban J connectivity index is 2.35. The first-order valence-corrected chi connectivity index (χ1v) is 6.61. The highest BCUT2D eigenvalue weighted by Gasteiger charge is 2.16. The number of aromatic nitrogens is 2. The standard InChI is InChI=1S/C15H19F2N3/c1-9(18)7-12-10(2)19-20(11(12)3)8-13-14(16)5-4-6-15(13)17/h4-6,9H,7-8,18H2,1-3H3. The molecule has 2 rings (SSSR count). The lowest BCUT2D eigenvalue weighted by atomic mass is 10.1. The normalized spacial score (nSPS) is 12.7. The Bertz CT molecular complexity index is 598. The Morgan fingerprint density at radius 3 is 2.35 bits per heavy atom. The SMILES string of the molecule is Cc1nn(Cc2c(F)cccc2F)c(C)c1CC(C)N. The molecule has 1 unspecified atom stereocenters. The van der Waals surface area contributed by atoms with E-state index in [2.05, 4.69) is 5.10 Å². The number of benzene rings is 1. The van der Waals surface area contributed by atoms with E-state index in [1.54, 1.807) is 4.68 Å². The van der Waals surface area contributed by atoms with E-state index in [4.69, 9.17) is 5.73 Å². The van der Waals surface area contributed by atoms with Crippen molar-refractivity contribution in [2.45, 2.75) is 39.8 Å². The van der Waals surface area contributed by atoms with Gasteiger partial charge in [-0.15, -0.1) is 0 Å². The molecule has 20 heavy (non-hydrogen) atoms. The average molecular weight is 279 g/mol. The van der Waals surface area contributed by atoms with Gasteiger partial charge >= 0.3 is 0 Å². The molecule has 3 nitrogen and oxygen atoms in total. The Hall–Kier alpha value is -1.75. The average Bonchev–Trinajstić information content (AvgIpc) is 2.61. The van der Waals surface area contributed by atoms with Crippen molar-refractivity contribution in [1.29, 1.82) is 0 Å². The predicted octanol–water partition coefficient (Wildman–Crippen LogP) is 2.72. The van der Waals surface area contributed by atoms with Crippen LogP contribution in [0.25, 0.3) is 0 Å². The molecule has 0 saturated heterocycles. The van der Waals surface area contributed by atoms with Gasteiger partial charge in [-0.05, 0) is 44.9 Å².